The van der Waals surface area contributed by atoms with Crippen LogP contribution in [-0.2, 0) is 16.4 Å². The second-order valence-electron chi connectivity index (χ2n) is 6.00. The third-order valence-electron chi connectivity index (χ3n) is 4.50. The van der Waals surface area contributed by atoms with E-state index < -0.39 is 10.0 Å². The Labute approximate surface area is 138 Å². The minimum Gasteiger partial charge on any atom is -0.326 e. The molecule has 1 saturated heterocycles. The molecular weight excluding hydrogens is 308 g/mol. The second kappa shape index (κ2) is 6.43. The predicted molar refractivity (Wildman–Crippen MR) is 91.7 cm³/mol. The maximum atomic E-state index is 12.9. The lowest BCUT2D eigenvalue weighted by atomic mass is 9.95. The molecule has 0 spiro atoms. The molecule has 0 aliphatic carbocycles. The highest BCUT2D eigenvalue weighted by atomic mass is 32.2. The highest BCUT2D eigenvalue weighted by Gasteiger charge is 2.38. The summed E-state index contributed by atoms with van der Waals surface area (Å²) in [5, 5.41) is 0. The van der Waals surface area contributed by atoms with Crippen molar-refractivity contribution in [2.45, 2.75) is 30.2 Å². The molecule has 2 aromatic rings. The van der Waals surface area contributed by atoms with Gasteiger partial charge in [0, 0.05) is 25.0 Å². The molecule has 0 saturated carbocycles. The van der Waals surface area contributed by atoms with Crippen molar-refractivity contribution in [1.82, 2.24) is 4.31 Å². The van der Waals surface area contributed by atoms with Gasteiger partial charge >= 0.3 is 0 Å². The zero-order valence-corrected chi connectivity index (χ0v) is 14.0. The minimum atomic E-state index is -3.49. The smallest absolute Gasteiger partial charge is 0.243 e. The number of hydrogen-bond acceptors (Lipinski definition) is 3. The fourth-order valence-corrected chi connectivity index (χ4v) is 4.69. The lowest BCUT2D eigenvalue weighted by molar-refractivity contribution is 0.470. The van der Waals surface area contributed by atoms with Crippen LogP contribution in [0.2, 0.25) is 0 Å². The van der Waals surface area contributed by atoms with Crippen molar-refractivity contribution in [2.75, 3.05) is 13.1 Å². The molecule has 2 aromatic carbocycles. The summed E-state index contributed by atoms with van der Waals surface area (Å²) in [6.45, 7) is 2.81. The molecule has 0 amide bonds. The molecule has 1 aliphatic rings. The first-order chi connectivity index (χ1) is 11.0. The van der Waals surface area contributed by atoms with E-state index in [0.717, 1.165) is 17.5 Å². The van der Waals surface area contributed by atoms with E-state index in [1.165, 1.54) is 4.31 Å². The molecule has 2 atom stereocenters. The molecule has 5 heteroatoms. The molecular formula is C18H22N2O2S. The zero-order valence-electron chi connectivity index (χ0n) is 13.2. The van der Waals surface area contributed by atoms with E-state index in [2.05, 4.69) is 0 Å². The van der Waals surface area contributed by atoms with Gasteiger partial charge in [0.15, 0.2) is 0 Å². The summed E-state index contributed by atoms with van der Waals surface area (Å²) in [6.07, 6.45) is 0.815. The third-order valence-corrected chi connectivity index (χ3v) is 6.33. The highest BCUT2D eigenvalue weighted by Crippen LogP contribution is 2.30. The van der Waals surface area contributed by atoms with Crippen LogP contribution in [0.5, 0.6) is 0 Å². The number of nitrogens with two attached hydrogens (primary N) is 1. The number of hydrogen-bond donors (Lipinski definition) is 1. The van der Waals surface area contributed by atoms with Gasteiger partial charge in [-0.15, -0.1) is 0 Å². The Kier molecular flexibility index (Phi) is 4.53. The molecule has 0 aromatic heterocycles. The van der Waals surface area contributed by atoms with Gasteiger partial charge in [0.1, 0.15) is 0 Å². The fraction of sp³-hybridized carbons (Fsp3) is 0.333. The fourth-order valence-electron chi connectivity index (χ4n) is 3.12. The van der Waals surface area contributed by atoms with Crippen molar-refractivity contribution >= 4 is 10.0 Å². The van der Waals surface area contributed by atoms with Gasteiger partial charge in [-0.2, -0.15) is 4.31 Å². The standard InChI is InChI=1S/C18H22N2O2S/c1-2-14-7-6-10-16(11-14)23(21,22)20-12-17(18(19)13-20)15-8-4-3-5-9-15/h3-11,17-18H,2,12-13,19H2,1H3/t17-,18+/m0/s1. The summed E-state index contributed by atoms with van der Waals surface area (Å²) in [5.74, 6) is 0.0420. The van der Waals surface area contributed by atoms with Crippen molar-refractivity contribution in [2.24, 2.45) is 5.73 Å². The van der Waals surface area contributed by atoms with Crippen molar-refractivity contribution in [3.05, 3.63) is 65.7 Å². The Morgan fingerprint density at radius 2 is 1.83 bits per heavy atom. The first kappa shape index (κ1) is 16.2. The molecule has 2 N–H and O–H groups in total. The predicted octanol–water partition coefficient (Wildman–Crippen LogP) is 2.36. The number of aryl methyl sites for hydroxylation is 1. The zero-order chi connectivity index (χ0) is 16.4. The Morgan fingerprint density at radius 3 is 2.52 bits per heavy atom. The molecule has 0 radical (unpaired) electrons. The van der Waals surface area contributed by atoms with Crippen LogP contribution in [0.1, 0.15) is 24.0 Å². The van der Waals surface area contributed by atoms with E-state index in [1.54, 1.807) is 18.2 Å². The molecule has 1 fully saturated rings. The van der Waals surface area contributed by atoms with Crippen LogP contribution in [0.4, 0.5) is 0 Å². The Morgan fingerprint density at radius 1 is 1.09 bits per heavy atom. The largest absolute Gasteiger partial charge is 0.326 e. The maximum absolute atomic E-state index is 12.9. The lowest BCUT2D eigenvalue weighted by Gasteiger charge is -2.17. The van der Waals surface area contributed by atoms with Gasteiger partial charge in [0.05, 0.1) is 4.90 Å². The SMILES string of the molecule is CCc1cccc(S(=O)(=O)N2C[C@@H](N)[C@H](c3ccccc3)C2)c1. The monoisotopic (exact) mass is 330 g/mol. The number of nitrogens with zero attached hydrogens (tertiary/aromatic N) is 1. The van der Waals surface area contributed by atoms with Crippen LogP contribution in [0.3, 0.4) is 0 Å². The third kappa shape index (κ3) is 3.17. The molecule has 23 heavy (non-hydrogen) atoms. The second-order valence-corrected chi connectivity index (χ2v) is 7.94. The van der Waals surface area contributed by atoms with Gasteiger partial charge in [-0.1, -0.05) is 49.4 Å². The molecule has 122 valence electrons. The first-order valence-electron chi connectivity index (χ1n) is 7.92. The Bertz CT molecular complexity index is 775. The van der Waals surface area contributed by atoms with Crippen LogP contribution < -0.4 is 5.73 Å². The van der Waals surface area contributed by atoms with Gasteiger partial charge < -0.3 is 5.73 Å². The van der Waals surface area contributed by atoms with E-state index in [-0.39, 0.29) is 12.0 Å². The topological polar surface area (TPSA) is 63.4 Å². The van der Waals surface area contributed by atoms with Gasteiger partial charge in [0.2, 0.25) is 10.0 Å². The van der Waals surface area contributed by atoms with Gasteiger partial charge in [-0.25, -0.2) is 8.42 Å². The Balaban J connectivity index is 1.87. The van der Waals surface area contributed by atoms with Crippen LogP contribution >= 0.6 is 0 Å². The molecule has 1 heterocycles. The summed E-state index contributed by atoms with van der Waals surface area (Å²) in [6, 6.07) is 16.9. The minimum absolute atomic E-state index is 0.0420. The summed E-state index contributed by atoms with van der Waals surface area (Å²) in [7, 11) is -3.49. The average Bonchev–Trinajstić information content (AvgIpc) is 2.98. The van der Waals surface area contributed by atoms with Gasteiger partial charge in [-0.3, -0.25) is 0 Å². The van der Waals surface area contributed by atoms with Crippen molar-refractivity contribution in [3.8, 4) is 0 Å². The number of rotatable bonds is 4. The first-order valence-corrected chi connectivity index (χ1v) is 9.36. The lowest BCUT2D eigenvalue weighted by Crippen LogP contribution is -2.32. The number of sulfonamides is 1. The summed E-state index contributed by atoms with van der Waals surface area (Å²) in [5.41, 5.74) is 8.35. The molecule has 1 aliphatic heterocycles. The molecule has 0 bridgehead atoms. The molecule has 4 nitrogen and oxygen atoms in total. The van der Waals surface area contributed by atoms with Gasteiger partial charge in [0.25, 0.3) is 0 Å². The maximum Gasteiger partial charge on any atom is 0.243 e. The van der Waals surface area contributed by atoms with Crippen molar-refractivity contribution < 1.29 is 8.42 Å². The normalized spacial score (nSPS) is 22.3. The Hall–Kier alpha value is -1.69. The van der Waals surface area contributed by atoms with Crippen LogP contribution in [0.15, 0.2) is 59.5 Å². The van der Waals surface area contributed by atoms with E-state index in [0.29, 0.717) is 18.0 Å². The number of benzene rings is 2. The van der Waals surface area contributed by atoms with Crippen molar-refractivity contribution in [1.29, 1.82) is 0 Å². The van der Waals surface area contributed by atoms with Gasteiger partial charge in [-0.05, 0) is 29.7 Å². The van der Waals surface area contributed by atoms with E-state index in [1.807, 2.05) is 43.3 Å². The van der Waals surface area contributed by atoms with Crippen LogP contribution in [0, 0.1) is 0 Å². The van der Waals surface area contributed by atoms with Crippen LogP contribution in [0.25, 0.3) is 0 Å². The summed E-state index contributed by atoms with van der Waals surface area (Å²) >= 11 is 0. The van der Waals surface area contributed by atoms with Crippen LogP contribution in [-0.4, -0.2) is 31.9 Å². The summed E-state index contributed by atoms with van der Waals surface area (Å²) in [4.78, 5) is 0.359. The van der Waals surface area contributed by atoms with E-state index in [4.69, 9.17) is 5.73 Å². The van der Waals surface area contributed by atoms with E-state index in [9.17, 15) is 8.42 Å². The highest BCUT2D eigenvalue weighted by molar-refractivity contribution is 7.89. The average molecular weight is 330 g/mol. The quantitative estimate of drug-likeness (QED) is 0.936. The molecule has 0 unspecified atom stereocenters. The molecule has 3 rings (SSSR count). The van der Waals surface area contributed by atoms with E-state index >= 15 is 0 Å². The summed E-state index contributed by atoms with van der Waals surface area (Å²) < 4.78 is 27.3. The van der Waals surface area contributed by atoms with Crippen molar-refractivity contribution in [3.63, 3.8) is 0 Å².